The quantitative estimate of drug-likeness (QED) is 0.0154. The zero-order valence-corrected chi connectivity index (χ0v) is 44.5. The van der Waals surface area contributed by atoms with Crippen molar-refractivity contribution < 1.29 is 73.2 Å². The van der Waals surface area contributed by atoms with Gasteiger partial charge >= 0.3 is 11.9 Å². The molecular weight excluding hydrogens is 1050 g/mol. The Morgan fingerprint density at radius 1 is 0.418 bits per heavy atom. The summed E-state index contributed by atoms with van der Waals surface area (Å²) in [5, 5.41) is 92.5. The van der Waals surface area contributed by atoms with Gasteiger partial charge in [-0.2, -0.15) is 0 Å². The van der Waals surface area contributed by atoms with Crippen molar-refractivity contribution in [2.45, 2.75) is 138 Å². The van der Waals surface area contributed by atoms with Crippen molar-refractivity contribution >= 4 is 83.0 Å². The average molecular weight is 1130 g/mol. The molecule has 35 nitrogen and oxygen atoms in total. The zero-order chi connectivity index (χ0) is 60.2. The van der Waals surface area contributed by atoms with Gasteiger partial charge in [0, 0.05) is 33.1 Å². The van der Waals surface area contributed by atoms with E-state index in [2.05, 4.69) is 69.1 Å². The molecular formula is C44H82N20O15. The van der Waals surface area contributed by atoms with E-state index in [-0.39, 0.29) is 83.5 Å². The van der Waals surface area contributed by atoms with E-state index in [9.17, 15) is 68.1 Å². The number of amides is 9. The number of unbranched alkanes of at least 4 members (excludes halogenated alkanes) is 1. The van der Waals surface area contributed by atoms with Crippen LogP contribution in [-0.4, -0.2) is 211 Å². The Morgan fingerprint density at radius 2 is 0.747 bits per heavy atom. The standard InChI is InChI=1S/C44H82N20O15/c1-22(33(71)63-28(19-32(69)70)34(72)53-3)57-41(79)30(21-66)64-38(76)26(12-8-18-56-44(50)51)60-36(74)24(10-6-16-54-42(46)47)59-35(73)23(9-4-5-15-45)58-39(77)27(13-14-31(67)68)62-37(75)25(11-7-17-55-43(48)49)61-40(78)29(20-65)52-2/h22-30,52,65-66H,4-21,45H2,1-3H3,(H,53,72)(H,57,79)(H,58,77)(H,59,73)(H,60,74)(H,61,78)(H,62,75)(H,63,71)(H,64,76)(H,67,68)(H,69,70)(H4,46,47,54)(H4,48,49,55)(H4,50,51,56)/t22-,23-,24-,25-,26-,27-,28-,29-,30-/m0/s1. The Hall–Kier alpha value is -8.18. The van der Waals surface area contributed by atoms with Crippen LogP contribution in [0.2, 0.25) is 0 Å². The van der Waals surface area contributed by atoms with Gasteiger partial charge in [-0.05, 0) is 84.7 Å². The second-order valence-corrected chi connectivity index (χ2v) is 17.7. The van der Waals surface area contributed by atoms with Crippen molar-refractivity contribution in [3.05, 3.63) is 0 Å². The predicted octanol–water partition coefficient (Wildman–Crippen LogP) is -9.54. The molecule has 35 heteroatoms. The Labute approximate surface area is 455 Å². The second-order valence-electron chi connectivity index (χ2n) is 17.7. The number of carbonyl (C=O) groups excluding carboxylic acids is 9. The van der Waals surface area contributed by atoms with E-state index < -0.39 is 164 Å². The number of hydrogen-bond acceptors (Lipinski definition) is 18. The highest BCUT2D eigenvalue weighted by molar-refractivity contribution is 5.98. The topological polar surface area (TPSA) is 601 Å². The maximum atomic E-state index is 14.3. The third-order valence-electron chi connectivity index (χ3n) is 11.4. The summed E-state index contributed by atoms with van der Waals surface area (Å²) in [6.45, 7) is -0.320. The van der Waals surface area contributed by atoms with Gasteiger partial charge < -0.3 is 112 Å². The van der Waals surface area contributed by atoms with Crippen molar-refractivity contribution in [3.8, 4) is 0 Å². The highest BCUT2D eigenvalue weighted by Gasteiger charge is 2.35. The van der Waals surface area contributed by atoms with Crippen LogP contribution in [0.3, 0.4) is 0 Å². The van der Waals surface area contributed by atoms with Crippen molar-refractivity contribution in [1.82, 2.24) is 69.1 Å². The molecule has 9 amide bonds. The van der Waals surface area contributed by atoms with Crippen LogP contribution in [0.1, 0.15) is 84.0 Å². The maximum absolute atomic E-state index is 14.3. The molecule has 0 unspecified atom stereocenters. The molecule has 0 aliphatic carbocycles. The van der Waals surface area contributed by atoms with Crippen LogP contribution in [0.15, 0.2) is 0 Å². The van der Waals surface area contributed by atoms with Crippen LogP contribution in [0, 0.1) is 16.2 Å². The molecule has 0 aliphatic rings. The van der Waals surface area contributed by atoms with Crippen LogP contribution in [0.4, 0.5) is 0 Å². The summed E-state index contributed by atoms with van der Waals surface area (Å²) < 4.78 is 0. The van der Waals surface area contributed by atoms with Crippen molar-refractivity contribution in [2.75, 3.05) is 53.5 Å². The van der Waals surface area contributed by atoms with E-state index in [4.69, 9.17) is 44.3 Å². The van der Waals surface area contributed by atoms with E-state index in [0.717, 1.165) is 0 Å². The first-order valence-corrected chi connectivity index (χ1v) is 25.2. The zero-order valence-electron chi connectivity index (χ0n) is 44.5. The number of aliphatic carboxylic acids is 2. The largest absolute Gasteiger partial charge is 0.481 e. The third-order valence-corrected chi connectivity index (χ3v) is 11.4. The third kappa shape index (κ3) is 30.4. The summed E-state index contributed by atoms with van der Waals surface area (Å²) in [5.74, 6) is -12.9. The molecule has 0 rings (SSSR count). The molecule has 0 radical (unpaired) electrons. The number of carboxylic acid groups (broad SMARTS) is 2. The number of rotatable bonds is 41. The predicted molar refractivity (Wildman–Crippen MR) is 282 cm³/mol. The minimum atomic E-state index is -1.78. The van der Waals surface area contributed by atoms with E-state index in [0.29, 0.717) is 6.42 Å². The van der Waals surface area contributed by atoms with Gasteiger partial charge in [0.25, 0.3) is 0 Å². The SMILES string of the molecule is CNC(=O)[C@H](CC(=O)O)NC(=O)[C@H](C)NC(=O)[C@H](CO)NC(=O)[C@H](CCCNC(=N)N)NC(=O)[C@H](CCCNC(=N)N)NC(=O)[C@H](CCCCN)NC(=O)[C@H](CCC(=O)O)NC(=O)[C@H](CCCNC(=N)N)NC(=O)[C@H](CO)NC. The van der Waals surface area contributed by atoms with E-state index in [1.165, 1.54) is 21.0 Å². The number of nitrogens with one attached hydrogen (secondary N) is 16. The number of likely N-dealkylation sites (N-methyl/N-ethyl adjacent to an activating group) is 2. The molecule has 28 N–H and O–H groups in total. The first-order chi connectivity index (χ1) is 37.2. The molecule has 0 aromatic heterocycles. The summed E-state index contributed by atoms with van der Waals surface area (Å²) in [7, 11) is 2.58. The first kappa shape index (κ1) is 70.8. The molecule has 0 aliphatic heterocycles. The molecule has 0 spiro atoms. The van der Waals surface area contributed by atoms with Crippen LogP contribution in [0.5, 0.6) is 0 Å². The first-order valence-electron chi connectivity index (χ1n) is 25.2. The monoisotopic (exact) mass is 1130 g/mol. The van der Waals surface area contributed by atoms with Crippen molar-refractivity contribution in [3.63, 3.8) is 0 Å². The van der Waals surface area contributed by atoms with Gasteiger partial charge in [0.05, 0.1) is 19.6 Å². The molecule has 0 saturated carbocycles. The molecule has 0 heterocycles. The fraction of sp³-hybridized carbons (Fsp3) is 0.682. The lowest BCUT2D eigenvalue weighted by Crippen LogP contribution is -2.60. The van der Waals surface area contributed by atoms with Crippen molar-refractivity contribution in [1.29, 1.82) is 16.2 Å². The fourth-order valence-electron chi connectivity index (χ4n) is 7.06. The molecule has 0 aromatic carbocycles. The van der Waals surface area contributed by atoms with E-state index >= 15 is 0 Å². The van der Waals surface area contributed by atoms with Gasteiger partial charge in [-0.15, -0.1) is 0 Å². The van der Waals surface area contributed by atoms with E-state index in [1.807, 2.05) is 0 Å². The van der Waals surface area contributed by atoms with E-state index in [1.54, 1.807) is 0 Å². The highest BCUT2D eigenvalue weighted by atomic mass is 16.4. The van der Waals surface area contributed by atoms with Gasteiger partial charge in [0.2, 0.25) is 53.2 Å². The number of hydrogen-bond donors (Lipinski definition) is 24. The Bertz CT molecular complexity index is 2080. The average Bonchev–Trinajstić information content (AvgIpc) is 3.38. The molecule has 0 saturated heterocycles. The van der Waals surface area contributed by atoms with Gasteiger partial charge in [-0.1, -0.05) is 0 Å². The summed E-state index contributed by atoms with van der Waals surface area (Å²) >= 11 is 0. The Kier molecular flexibility index (Phi) is 35.2. The molecule has 9 atom stereocenters. The number of aliphatic hydroxyl groups is 2. The van der Waals surface area contributed by atoms with Crippen molar-refractivity contribution in [2.24, 2.45) is 22.9 Å². The molecule has 0 bridgehead atoms. The second kappa shape index (κ2) is 39.2. The molecule has 448 valence electrons. The highest BCUT2D eigenvalue weighted by Crippen LogP contribution is 2.10. The molecule has 79 heavy (non-hydrogen) atoms. The fourth-order valence-corrected chi connectivity index (χ4v) is 7.06. The summed E-state index contributed by atoms with van der Waals surface area (Å²) in [5.41, 5.74) is 21.9. The smallest absolute Gasteiger partial charge is 0.305 e. The normalized spacial score (nSPS) is 14.2. The Morgan fingerprint density at radius 3 is 1.06 bits per heavy atom. The van der Waals surface area contributed by atoms with Crippen LogP contribution < -0.4 is 92.1 Å². The lowest BCUT2D eigenvalue weighted by Gasteiger charge is -2.28. The Balaban J connectivity index is 6.93. The van der Waals surface area contributed by atoms with Gasteiger partial charge in [0.15, 0.2) is 17.9 Å². The van der Waals surface area contributed by atoms with Gasteiger partial charge in [-0.3, -0.25) is 69.0 Å². The van der Waals surface area contributed by atoms with Crippen LogP contribution >= 0.6 is 0 Å². The minimum Gasteiger partial charge on any atom is -0.481 e. The minimum absolute atomic E-state index is 0.00269. The molecule has 0 aromatic rings. The summed E-state index contributed by atoms with van der Waals surface area (Å²) in [4.78, 5) is 145. The van der Waals surface area contributed by atoms with Crippen LogP contribution in [0.25, 0.3) is 0 Å². The van der Waals surface area contributed by atoms with Crippen LogP contribution in [-0.2, 0) is 52.7 Å². The maximum Gasteiger partial charge on any atom is 0.305 e. The van der Waals surface area contributed by atoms with Gasteiger partial charge in [0.1, 0.15) is 54.4 Å². The number of guanidine groups is 3. The lowest BCUT2D eigenvalue weighted by molar-refractivity contribution is -0.141. The lowest BCUT2D eigenvalue weighted by atomic mass is 10.0. The number of carboxylic acids is 2. The van der Waals surface area contributed by atoms with Gasteiger partial charge in [-0.25, -0.2) is 0 Å². The summed E-state index contributed by atoms with van der Waals surface area (Å²) in [6, 6.07) is -13.5. The molecule has 0 fully saturated rings. The number of carbonyl (C=O) groups is 11. The number of aliphatic hydroxyl groups excluding tert-OH is 2. The summed E-state index contributed by atoms with van der Waals surface area (Å²) in [6.07, 6.45) is -1.90. The number of nitrogens with two attached hydrogens (primary N) is 4.